The van der Waals surface area contributed by atoms with Crippen molar-refractivity contribution in [2.45, 2.75) is 58.0 Å². The van der Waals surface area contributed by atoms with Gasteiger partial charge in [-0.05, 0) is 63.5 Å². The molecule has 1 saturated heterocycles. The maximum Gasteiger partial charge on any atom is 0.419 e. The zero-order valence-electron chi connectivity index (χ0n) is 21.3. The first-order chi connectivity index (χ1) is 16.4. The topological polar surface area (TPSA) is 71.7 Å². The Hall–Kier alpha value is -1.29. The summed E-state index contributed by atoms with van der Waals surface area (Å²) in [6.07, 6.45) is -0.392. The monoisotopic (exact) mass is 583 g/mol. The maximum absolute atomic E-state index is 13.6. The van der Waals surface area contributed by atoms with E-state index in [9.17, 15) is 13.2 Å². The van der Waals surface area contributed by atoms with Crippen molar-refractivity contribution in [1.82, 2.24) is 0 Å². The predicted molar refractivity (Wildman–Crippen MR) is 131 cm³/mol. The van der Waals surface area contributed by atoms with Crippen LogP contribution in [0.4, 0.5) is 13.2 Å². The second kappa shape index (κ2) is 14.6. The van der Waals surface area contributed by atoms with E-state index in [4.69, 9.17) is 25.1 Å². The first-order valence-corrected chi connectivity index (χ1v) is 11.6. The summed E-state index contributed by atoms with van der Waals surface area (Å²) in [7, 11) is 0. The molecule has 0 bridgehead atoms. The number of hydrogen-bond donors (Lipinski definition) is 1. The number of benzene rings is 2. The Labute approximate surface area is 237 Å². The molecule has 5 nitrogen and oxygen atoms in total. The van der Waals surface area contributed by atoms with Crippen LogP contribution in [0.15, 0.2) is 48.5 Å². The molecule has 1 aliphatic rings. The molecule has 2 aromatic rings. The minimum absolute atomic E-state index is 0. The average molecular weight is 583 g/mol. The molecule has 0 unspecified atom stereocenters. The number of aryl methyl sites for hydroxylation is 2. The van der Waals surface area contributed by atoms with E-state index in [1.54, 1.807) is 32.9 Å². The molecule has 1 fully saturated rings. The standard InChI is InChI=1S/C25H29F3NO3.C2H6O.Y/c1-18-6-8-19(9-7-18)5-4-14-30-22-11-10-20(15-21(22)25(26,27)28)12-13-24(29)16-31-23(2,3)32-17-24;1-2-3;/h4-11,15,29H,12-14,16-17H2,1-3H3;3H,2H2,1H3;/q-1;;/b5-4+;;. The Morgan fingerprint density at radius 2 is 1.67 bits per heavy atom. The van der Waals surface area contributed by atoms with Crippen LogP contribution >= 0.6 is 0 Å². The summed E-state index contributed by atoms with van der Waals surface area (Å²) in [5.41, 5.74) is 9.25. The molecule has 3 rings (SSSR count). The van der Waals surface area contributed by atoms with E-state index < -0.39 is 23.1 Å². The fraction of sp³-hybridized carbons (Fsp3) is 0.481. The van der Waals surface area contributed by atoms with E-state index in [1.165, 1.54) is 6.07 Å². The zero-order chi connectivity index (χ0) is 26.1. The summed E-state index contributed by atoms with van der Waals surface area (Å²) in [6, 6.07) is 11.9. The maximum atomic E-state index is 13.6. The third kappa shape index (κ3) is 11.0. The van der Waals surface area contributed by atoms with Crippen LogP contribution in [0.3, 0.4) is 0 Å². The van der Waals surface area contributed by atoms with Gasteiger partial charge in [-0.1, -0.05) is 53.9 Å². The molecule has 2 N–H and O–H groups in total. The van der Waals surface area contributed by atoms with Gasteiger partial charge in [0, 0.05) is 52.5 Å². The van der Waals surface area contributed by atoms with Gasteiger partial charge in [0.05, 0.1) is 5.56 Å². The molecule has 36 heavy (non-hydrogen) atoms. The molecule has 0 aliphatic carbocycles. The largest absolute Gasteiger partial charge is 0.668 e. The van der Waals surface area contributed by atoms with Crippen LogP contribution in [0.25, 0.3) is 11.8 Å². The van der Waals surface area contributed by atoms with Gasteiger partial charge in [-0.3, -0.25) is 0 Å². The van der Waals surface area contributed by atoms with Crippen molar-refractivity contribution in [2.24, 2.45) is 0 Å². The molecule has 0 spiro atoms. The van der Waals surface area contributed by atoms with E-state index in [0.717, 1.165) is 17.2 Å². The summed E-state index contributed by atoms with van der Waals surface area (Å²) in [4.78, 5) is 0. The van der Waals surface area contributed by atoms with Gasteiger partial charge in [-0.2, -0.15) is 13.2 Å². The predicted octanol–water partition coefficient (Wildman–Crippen LogP) is 6.61. The number of ether oxygens (including phenoxy) is 3. The molecule has 0 atom stereocenters. The van der Waals surface area contributed by atoms with Gasteiger partial charge in [0.1, 0.15) is 12.4 Å². The van der Waals surface area contributed by atoms with Crippen molar-refractivity contribution in [3.8, 4) is 5.75 Å². The summed E-state index contributed by atoms with van der Waals surface area (Å²) in [5, 5.41) is 7.57. The second-order valence-corrected chi connectivity index (χ2v) is 9.03. The van der Waals surface area contributed by atoms with Crippen molar-refractivity contribution in [3.63, 3.8) is 0 Å². The molecule has 1 aliphatic heterocycles. The van der Waals surface area contributed by atoms with Crippen LogP contribution in [0, 0.1) is 6.92 Å². The van der Waals surface area contributed by atoms with E-state index in [2.05, 4.69) is 0 Å². The van der Waals surface area contributed by atoms with E-state index in [1.807, 2.05) is 37.3 Å². The summed E-state index contributed by atoms with van der Waals surface area (Å²) >= 11 is 0. The molecule has 197 valence electrons. The smallest absolute Gasteiger partial charge is 0.419 e. The van der Waals surface area contributed by atoms with Crippen LogP contribution in [-0.4, -0.2) is 42.9 Å². The fourth-order valence-electron chi connectivity index (χ4n) is 3.31. The van der Waals surface area contributed by atoms with Crippen molar-refractivity contribution in [2.75, 3.05) is 26.4 Å². The Morgan fingerprint density at radius 3 is 2.22 bits per heavy atom. The minimum Gasteiger partial charge on any atom is -0.668 e. The Morgan fingerprint density at radius 1 is 1.08 bits per heavy atom. The van der Waals surface area contributed by atoms with Crippen LogP contribution in [0.2, 0.25) is 0 Å². The molecule has 2 aromatic carbocycles. The number of halogens is 3. The number of aliphatic hydroxyl groups excluding tert-OH is 1. The van der Waals surface area contributed by atoms with E-state index in [0.29, 0.717) is 18.4 Å². The zero-order valence-corrected chi connectivity index (χ0v) is 24.2. The quantitative estimate of drug-likeness (QED) is 0.399. The van der Waals surface area contributed by atoms with Gasteiger partial charge in [0.15, 0.2) is 5.79 Å². The summed E-state index contributed by atoms with van der Waals surface area (Å²) in [6.45, 7) is 7.85. The van der Waals surface area contributed by atoms with Crippen molar-refractivity contribution in [3.05, 3.63) is 76.5 Å². The van der Waals surface area contributed by atoms with Gasteiger partial charge >= 0.3 is 6.18 Å². The average Bonchev–Trinajstić information content (AvgIpc) is 2.79. The van der Waals surface area contributed by atoms with Crippen molar-refractivity contribution in [1.29, 1.82) is 0 Å². The summed E-state index contributed by atoms with van der Waals surface area (Å²) in [5.74, 6) is -0.942. The van der Waals surface area contributed by atoms with Gasteiger partial charge in [0.25, 0.3) is 0 Å². The minimum atomic E-state index is -4.54. The SMILES string of the molecule is CCO.Cc1ccc(/C=C/COc2ccc(CCC3([NH-])COC(C)(C)OC3)cc2C(F)(F)F)cc1.[Y]. The molecule has 0 amide bonds. The molecule has 0 aromatic heterocycles. The molecular formula is C27H35F3NO4Y-. The Balaban J connectivity index is 0.00000154. The molecule has 1 heterocycles. The van der Waals surface area contributed by atoms with Crippen molar-refractivity contribution >= 4 is 6.08 Å². The molecule has 1 radical (unpaired) electrons. The van der Waals surface area contributed by atoms with Gasteiger partial charge in [-0.25, -0.2) is 0 Å². The second-order valence-electron chi connectivity index (χ2n) is 9.03. The number of hydrogen-bond acceptors (Lipinski definition) is 4. The Bertz CT molecular complexity index is 952. The summed E-state index contributed by atoms with van der Waals surface area (Å²) < 4.78 is 57.4. The van der Waals surface area contributed by atoms with Crippen LogP contribution < -0.4 is 4.74 Å². The van der Waals surface area contributed by atoms with E-state index in [-0.39, 0.29) is 64.9 Å². The van der Waals surface area contributed by atoms with Crippen LogP contribution in [0.1, 0.15) is 49.4 Å². The fourth-order valence-corrected chi connectivity index (χ4v) is 3.31. The van der Waals surface area contributed by atoms with Gasteiger partial charge in [0.2, 0.25) is 0 Å². The third-order valence-corrected chi connectivity index (χ3v) is 5.36. The normalized spacial score (nSPS) is 16.6. The Kier molecular flexibility index (Phi) is 13.3. The van der Waals surface area contributed by atoms with E-state index >= 15 is 0 Å². The number of alkyl halides is 3. The number of aliphatic hydroxyl groups is 1. The molecular weight excluding hydrogens is 548 g/mol. The first kappa shape index (κ1) is 32.7. The molecule has 0 saturated carbocycles. The third-order valence-electron chi connectivity index (χ3n) is 5.36. The van der Waals surface area contributed by atoms with Crippen LogP contribution in [0.5, 0.6) is 5.75 Å². The van der Waals surface area contributed by atoms with Crippen LogP contribution in [-0.2, 0) is 54.8 Å². The number of nitrogens with one attached hydrogen (secondary N) is 1. The molecule has 9 heteroatoms. The van der Waals surface area contributed by atoms with Gasteiger partial charge < -0.3 is 25.1 Å². The number of rotatable bonds is 7. The van der Waals surface area contributed by atoms with Crippen molar-refractivity contribution < 1.29 is 65.2 Å². The van der Waals surface area contributed by atoms with Gasteiger partial charge in [-0.15, -0.1) is 0 Å². The first-order valence-electron chi connectivity index (χ1n) is 11.6.